The van der Waals surface area contributed by atoms with Crippen molar-refractivity contribution < 1.29 is 14.6 Å². The minimum absolute atomic E-state index is 0.442. The second-order valence-electron chi connectivity index (χ2n) is 5.41. The van der Waals surface area contributed by atoms with Crippen molar-refractivity contribution >= 4 is 11.7 Å². The number of carboxylic acid groups (broad SMARTS) is 1. The van der Waals surface area contributed by atoms with Crippen LogP contribution in [-0.4, -0.2) is 55.4 Å². The van der Waals surface area contributed by atoms with Crippen LogP contribution in [0.3, 0.4) is 0 Å². The van der Waals surface area contributed by atoms with Gasteiger partial charge in [0, 0.05) is 25.3 Å². The zero-order valence-electron chi connectivity index (χ0n) is 12.8. The number of hydrogen-bond acceptors (Lipinski definition) is 4. The van der Waals surface area contributed by atoms with E-state index in [1.165, 1.54) is 11.3 Å². The number of hydrogen-bond donors (Lipinski definition) is 1. The Bertz CT molecular complexity index is 472. The van der Waals surface area contributed by atoms with Crippen molar-refractivity contribution in [1.82, 2.24) is 4.90 Å². The van der Waals surface area contributed by atoms with Crippen molar-refractivity contribution in [1.29, 1.82) is 0 Å². The number of carboxylic acids is 1. The van der Waals surface area contributed by atoms with Gasteiger partial charge in [-0.1, -0.05) is 25.1 Å². The van der Waals surface area contributed by atoms with Crippen molar-refractivity contribution in [2.75, 3.05) is 38.3 Å². The van der Waals surface area contributed by atoms with Crippen molar-refractivity contribution in [3.05, 3.63) is 29.8 Å². The van der Waals surface area contributed by atoms with Crippen LogP contribution in [0.2, 0.25) is 0 Å². The van der Waals surface area contributed by atoms with Gasteiger partial charge < -0.3 is 14.7 Å². The molecule has 1 saturated heterocycles. The lowest BCUT2D eigenvalue weighted by atomic mass is 10.1. The van der Waals surface area contributed by atoms with Gasteiger partial charge >= 0.3 is 5.97 Å². The van der Waals surface area contributed by atoms with E-state index < -0.39 is 12.0 Å². The molecule has 116 valence electrons. The number of morpholine rings is 1. The van der Waals surface area contributed by atoms with Crippen LogP contribution < -0.4 is 4.90 Å². The summed E-state index contributed by atoms with van der Waals surface area (Å²) in [6, 6.07) is 7.78. The molecule has 0 amide bonds. The summed E-state index contributed by atoms with van der Waals surface area (Å²) < 4.78 is 5.40. The second kappa shape index (κ2) is 7.43. The number of anilines is 1. The maximum atomic E-state index is 11.3. The molecule has 2 rings (SSSR count). The van der Waals surface area contributed by atoms with Crippen LogP contribution in [0.15, 0.2) is 24.3 Å². The number of para-hydroxylation sites is 1. The van der Waals surface area contributed by atoms with E-state index in [1.807, 2.05) is 31.0 Å². The third-order valence-corrected chi connectivity index (χ3v) is 3.97. The maximum Gasteiger partial charge on any atom is 0.320 e. The van der Waals surface area contributed by atoms with Crippen LogP contribution in [0.1, 0.15) is 18.9 Å². The standard InChI is InChI=1S/C16H24N2O3/c1-3-14(16(19)20)17(2)12-13-6-4-5-7-15(13)18-8-10-21-11-9-18/h4-7,14H,3,8-12H2,1-2H3,(H,19,20)/t14-/m0/s1. The van der Waals surface area contributed by atoms with Crippen LogP contribution in [0.5, 0.6) is 0 Å². The molecule has 0 aromatic heterocycles. The molecule has 0 aliphatic carbocycles. The summed E-state index contributed by atoms with van der Waals surface area (Å²) in [6.07, 6.45) is 0.603. The Morgan fingerprint density at radius 3 is 2.67 bits per heavy atom. The number of benzene rings is 1. The Kier molecular flexibility index (Phi) is 5.59. The predicted octanol–water partition coefficient (Wildman–Crippen LogP) is 1.82. The summed E-state index contributed by atoms with van der Waals surface area (Å²) in [5.74, 6) is -0.760. The zero-order valence-corrected chi connectivity index (χ0v) is 12.8. The molecule has 1 aromatic carbocycles. The predicted molar refractivity (Wildman–Crippen MR) is 82.7 cm³/mol. The largest absolute Gasteiger partial charge is 0.480 e. The van der Waals surface area contributed by atoms with E-state index in [2.05, 4.69) is 17.0 Å². The van der Waals surface area contributed by atoms with Crippen LogP contribution >= 0.6 is 0 Å². The van der Waals surface area contributed by atoms with Crippen LogP contribution in [-0.2, 0) is 16.1 Å². The van der Waals surface area contributed by atoms with Crippen molar-refractivity contribution in [2.45, 2.75) is 25.9 Å². The van der Waals surface area contributed by atoms with Gasteiger partial charge in [-0.15, -0.1) is 0 Å². The highest BCUT2D eigenvalue weighted by Crippen LogP contribution is 2.23. The molecule has 1 aliphatic rings. The van der Waals surface area contributed by atoms with Crippen molar-refractivity contribution in [3.8, 4) is 0 Å². The first kappa shape index (κ1) is 15.8. The smallest absolute Gasteiger partial charge is 0.320 e. The summed E-state index contributed by atoms with van der Waals surface area (Å²) in [4.78, 5) is 15.5. The highest BCUT2D eigenvalue weighted by atomic mass is 16.5. The molecular formula is C16H24N2O3. The number of nitrogens with zero attached hydrogens (tertiary/aromatic N) is 2. The monoisotopic (exact) mass is 292 g/mol. The topological polar surface area (TPSA) is 53.0 Å². The summed E-state index contributed by atoms with van der Waals surface area (Å²) in [6.45, 7) is 5.81. The average Bonchev–Trinajstić information content (AvgIpc) is 2.49. The number of ether oxygens (including phenoxy) is 1. The van der Waals surface area contributed by atoms with Crippen molar-refractivity contribution in [3.63, 3.8) is 0 Å². The van der Waals surface area contributed by atoms with Gasteiger partial charge in [0.05, 0.1) is 13.2 Å². The van der Waals surface area contributed by atoms with Gasteiger partial charge in [0.25, 0.3) is 0 Å². The third kappa shape index (κ3) is 3.95. The summed E-state index contributed by atoms with van der Waals surface area (Å²) in [5.41, 5.74) is 2.36. The first-order valence-corrected chi connectivity index (χ1v) is 7.47. The number of rotatable bonds is 6. The minimum atomic E-state index is -0.760. The normalized spacial score (nSPS) is 17.0. The summed E-state index contributed by atoms with van der Waals surface area (Å²) in [7, 11) is 1.87. The lowest BCUT2D eigenvalue weighted by molar-refractivity contribution is -0.143. The van der Waals surface area contributed by atoms with Crippen molar-refractivity contribution in [2.24, 2.45) is 0 Å². The van der Waals surface area contributed by atoms with Gasteiger partial charge in [-0.25, -0.2) is 0 Å². The van der Waals surface area contributed by atoms with Crippen LogP contribution in [0.4, 0.5) is 5.69 Å². The molecule has 1 N–H and O–H groups in total. The van der Waals surface area contributed by atoms with E-state index in [-0.39, 0.29) is 0 Å². The van der Waals surface area contributed by atoms with Gasteiger partial charge in [-0.2, -0.15) is 0 Å². The highest BCUT2D eigenvalue weighted by Gasteiger charge is 2.22. The van der Waals surface area contributed by atoms with Crippen LogP contribution in [0.25, 0.3) is 0 Å². The van der Waals surface area contributed by atoms with Gasteiger partial charge in [0.15, 0.2) is 0 Å². The molecular weight excluding hydrogens is 268 g/mol. The van der Waals surface area contributed by atoms with Gasteiger partial charge in [-0.3, -0.25) is 9.69 Å². The van der Waals surface area contributed by atoms with Crippen LogP contribution in [0, 0.1) is 0 Å². The quantitative estimate of drug-likeness (QED) is 0.867. The van der Waals surface area contributed by atoms with E-state index in [1.54, 1.807) is 0 Å². The first-order valence-electron chi connectivity index (χ1n) is 7.47. The molecule has 5 heteroatoms. The Hall–Kier alpha value is -1.59. The molecule has 0 bridgehead atoms. The molecule has 1 aliphatic heterocycles. The molecule has 21 heavy (non-hydrogen) atoms. The molecule has 1 atom stereocenters. The van der Waals surface area contributed by atoms with E-state index in [0.717, 1.165) is 26.3 Å². The van der Waals surface area contributed by atoms with E-state index >= 15 is 0 Å². The molecule has 0 unspecified atom stereocenters. The zero-order chi connectivity index (χ0) is 15.2. The number of likely N-dealkylation sites (N-methyl/N-ethyl adjacent to an activating group) is 1. The van der Waals surface area contributed by atoms with Gasteiger partial charge in [-0.05, 0) is 25.1 Å². The number of aliphatic carboxylic acids is 1. The Labute approximate surface area is 126 Å². The fraction of sp³-hybridized carbons (Fsp3) is 0.562. The first-order chi connectivity index (χ1) is 10.1. The Morgan fingerprint density at radius 1 is 1.38 bits per heavy atom. The minimum Gasteiger partial charge on any atom is -0.480 e. The Morgan fingerprint density at radius 2 is 2.05 bits per heavy atom. The summed E-state index contributed by atoms with van der Waals surface area (Å²) in [5, 5.41) is 9.27. The average molecular weight is 292 g/mol. The fourth-order valence-corrected chi connectivity index (χ4v) is 2.81. The molecule has 0 radical (unpaired) electrons. The van der Waals surface area contributed by atoms with E-state index in [4.69, 9.17) is 4.74 Å². The molecule has 0 spiro atoms. The van der Waals surface area contributed by atoms with Gasteiger partial charge in [0.2, 0.25) is 0 Å². The molecule has 1 aromatic rings. The summed E-state index contributed by atoms with van der Waals surface area (Å²) >= 11 is 0. The number of carbonyl (C=O) groups is 1. The molecule has 0 saturated carbocycles. The second-order valence-corrected chi connectivity index (χ2v) is 5.41. The molecule has 1 heterocycles. The van der Waals surface area contributed by atoms with E-state index in [0.29, 0.717) is 13.0 Å². The van der Waals surface area contributed by atoms with E-state index in [9.17, 15) is 9.90 Å². The SMILES string of the molecule is CC[C@@H](C(=O)O)N(C)Cc1ccccc1N1CCOCC1. The lowest BCUT2D eigenvalue weighted by Crippen LogP contribution is -2.39. The lowest BCUT2D eigenvalue weighted by Gasteiger charge is -2.32. The fourth-order valence-electron chi connectivity index (χ4n) is 2.81. The third-order valence-electron chi connectivity index (χ3n) is 3.97. The maximum absolute atomic E-state index is 11.3. The molecule has 1 fully saturated rings. The molecule has 5 nitrogen and oxygen atoms in total. The highest BCUT2D eigenvalue weighted by molar-refractivity contribution is 5.73. The van der Waals surface area contributed by atoms with Gasteiger partial charge in [0.1, 0.15) is 6.04 Å². The Balaban J connectivity index is 2.14.